The van der Waals surface area contributed by atoms with Crippen LogP contribution in [-0.2, 0) is 9.63 Å². The number of rotatable bonds is 2. The van der Waals surface area contributed by atoms with Crippen LogP contribution in [0.25, 0.3) is 0 Å². The molecule has 2 aliphatic rings. The van der Waals surface area contributed by atoms with Crippen molar-refractivity contribution in [1.29, 1.82) is 0 Å². The fourth-order valence-corrected chi connectivity index (χ4v) is 3.72. The summed E-state index contributed by atoms with van der Waals surface area (Å²) in [5.74, 6) is 0.173. The predicted molar refractivity (Wildman–Crippen MR) is 74.0 cm³/mol. The van der Waals surface area contributed by atoms with Gasteiger partial charge in [0.15, 0.2) is 0 Å². The third kappa shape index (κ3) is 2.58. The molecule has 1 heterocycles. The first kappa shape index (κ1) is 14.9. The number of carbonyl (C=O) groups excluding carboxylic acids is 1. The maximum absolute atomic E-state index is 13.4. The molecule has 19 heavy (non-hydrogen) atoms. The van der Waals surface area contributed by atoms with E-state index in [1.807, 2.05) is 27.7 Å². The molecule has 4 nitrogen and oxygen atoms in total. The lowest BCUT2D eigenvalue weighted by Gasteiger charge is -2.61. The molecule has 4 heteroatoms. The van der Waals surface area contributed by atoms with Crippen LogP contribution in [0, 0.1) is 5.21 Å². The lowest BCUT2D eigenvalue weighted by Crippen LogP contribution is -2.72. The topological polar surface area (TPSA) is 49.4 Å². The number of ketones is 1. The normalized spacial score (nSPS) is 30.3. The Morgan fingerprint density at radius 3 is 2.00 bits per heavy atom. The van der Waals surface area contributed by atoms with Crippen LogP contribution in [0.4, 0.5) is 0 Å². The third-order valence-corrected chi connectivity index (χ3v) is 4.70. The molecule has 0 unspecified atom stereocenters. The van der Waals surface area contributed by atoms with Crippen molar-refractivity contribution in [3.05, 3.63) is 5.21 Å². The summed E-state index contributed by atoms with van der Waals surface area (Å²) in [4.78, 5) is 17.2. The van der Waals surface area contributed by atoms with Crippen molar-refractivity contribution in [3.63, 3.8) is 0 Å². The van der Waals surface area contributed by atoms with E-state index in [9.17, 15) is 10.0 Å². The lowest BCUT2D eigenvalue weighted by molar-refractivity contribution is -1.14. The van der Waals surface area contributed by atoms with Gasteiger partial charge in [-0.2, -0.15) is 4.84 Å². The molecule has 110 valence electrons. The molecule has 2 fully saturated rings. The first-order chi connectivity index (χ1) is 8.68. The van der Waals surface area contributed by atoms with Crippen molar-refractivity contribution in [2.24, 2.45) is 0 Å². The molecule has 1 saturated carbocycles. The third-order valence-electron chi connectivity index (χ3n) is 4.70. The van der Waals surface area contributed by atoms with Crippen LogP contribution in [-0.4, -0.2) is 27.8 Å². The minimum Gasteiger partial charge on any atom is -0.597 e. The molecule has 0 amide bonds. The van der Waals surface area contributed by atoms with Crippen molar-refractivity contribution in [1.82, 2.24) is 0 Å². The summed E-state index contributed by atoms with van der Waals surface area (Å²) in [6.45, 7) is 7.45. The van der Waals surface area contributed by atoms with Gasteiger partial charge >= 0.3 is 0 Å². The predicted octanol–water partition coefficient (Wildman–Crippen LogP) is 3.49. The Kier molecular flexibility index (Phi) is 3.80. The van der Waals surface area contributed by atoms with Gasteiger partial charge in [-0.15, -0.1) is 0 Å². The van der Waals surface area contributed by atoms with Gasteiger partial charge in [0.2, 0.25) is 0 Å². The average Bonchev–Trinajstić information content (AvgIpc) is 2.26. The molecule has 0 aromatic carbocycles. The van der Waals surface area contributed by atoms with E-state index in [0.29, 0.717) is 12.8 Å². The van der Waals surface area contributed by atoms with E-state index in [1.54, 1.807) is 0 Å². The zero-order valence-electron chi connectivity index (χ0n) is 12.7. The van der Waals surface area contributed by atoms with E-state index in [4.69, 9.17) is 4.84 Å². The number of hydrogen-bond donors (Lipinski definition) is 0. The summed E-state index contributed by atoms with van der Waals surface area (Å²) in [6, 6.07) is 0. The maximum atomic E-state index is 13.4. The van der Waals surface area contributed by atoms with Gasteiger partial charge in [-0.05, 0) is 40.5 Å². The zero-order chi connectivity index (χ0) is 14.3. The second-order valence-corrected chi connectivity index (χ2v) is 7.43. The summed E-state index contributed by atoms with van der Waals surface area (Å²) < 4.78 is 0. The second-order valence-electron chi connectivity index (χ2n) is 7.43. The van der Waals surface area contributed by atoms with E-state index in [1.165, 1.54) is 6.42 Å². The summed E-state index contributed by atoms with van der Waals surface area (Å²) in [5, 5.41) is 13.4. The Balaban J connectivity index is 2.23. The number of Topliss-reactive ketones (excluding diaryl/α,β-unsaturated/α-hetero) is 1. The zero-order valence-corrected chi connectivity index (χ0v) is 12.7. The summed E-state index contributed by atoms with van der Waals surface area (Å²) in [5.41, 5.74) is -1.40. The van der Waals surface area contributed by atoms with E-state index >= 15 is 0 Å². The molecule has 0 aromatic rings. The highest BCUT2D eigenvalue weighted by molar-refractivity contribution is 5.81. The first-order valence-electron chi connectivity index (χ1n) is 7.48. The molecular weight excluding hydrogens is 242 g/mol. The van der Waals surface area contributed by atoms with Crippen molar-refractivity contribution in [3.8, 4) is 0 Å². The largest absolute Gasteiger partial charge is 0.597 e. The van der Waals surface area contributed by atoms with E-state index in [-0.39, 0.29) is 11.9 Å². The molecule has 1 saturated heterocycles. The number of nitrogens with zero attached hydrogens (tertiary/aromatic N) is 1. The van der Waals surface area contributed by atoms with Crippen molar-refractivity contribution < 1.29 is 14.4 Å². The smallest absolute Gasteiger partial charge is 0.145 e. The molecular formula is C15H27NO3. The molecule has 0 radical (unpaired) electrons. The van der Waals surface area contributed by atoms with Gasteiger partial charge in [0.1, 0.15) is 23.0 Å². The van der Waals surface area contributed by atoms with Crippen molar-refractivity contribution in [2.45, 2.75) is 89.8 Å². The fourth-order valence-electron chi connectivity index (χ4n) is 3.72. The van der Waals surface area contributed by atoms with Gasteiger partial charge in [-0.1, -0.05) is 19.3 Å². The SMILES string of the molecule is CC1(C)CC(=O)CC(C)(C)[N+]1([O-])OC1CCCCC1. The second kappa shape index (κ2) is 4.83. The van der Waals surface area contributed by atoms with Crippen LogP contribution < -0.4 is 0 Å². The fraction of sp³-hybridized carbons (Fsp3) is 0.933. The van der Waals surface area contributed by atoms with Gasteiger partial charge in [-0.25, -0.2) is 4.81 Å². The number of quaternary nitrogens is 1. The molecule has 0 aromatic heterocycles. The summed E-state index contributed by atoms with van der Waals surface area (Å²) in [7, 11) is 0. The van der Waals surface area contributed by atoms with Gasteiger partial charge in [0.05, 0.1) is 12.8 Å². The lowest BCUT2D eigenvalue weighted by atomic mass is 9.80. The molecule has 1 aliphatic heterocycles. The highest BCUT2D eigenvalue weighted by Gasteiger charge is 2.57. The van der Waals surface area contributed by atoms with E-state index < -0.39 is 15.9 Å². The maximum Gasteiger partial charge on any atom is 0.145 e. The Labute approximate surface area is 116 Å². The molecule has 0 N–H and O–H groups in total. The van der Waals surface area contributed by atoms with Gasteiger partial charge < -0.3 is 5.21 Å². The summed E-state index contributed by atoms with van der Waals surface area (Å²) >= 11 is 0. The minimum absolute atomic E-state index is 0.0537. The molecule has 2 rings (SSSR count). The molecule has 0 atom stereocenters. The average molecular weight is 269 g/mol. The minimum atomic E-state index is -0.698. The Morgan fingerprint density at radius 2 is 1.53 bits per heavy atom. The quantitative estimate of drug-likeness (QED) is 0.569. The number of hydroxylamine groups is 4. The Bertz CT molecular complexity index is 336. The van der Waals surface area contributed by atoms with Crippen LogP contribution in [0.3, 0.4) is 0 Å². The van der Waals surface area contributed by atoms with Gasteiger partial charge in [0, 0.05) is 0 Å². The number of carbonyl (C=O) groups is 1. The highest BCUT2D eigenvalue weighted by Crippen LogP contribution is 2.45. The van der Waals surface area contributed by atoms with Crippen LogP contribution in [0.2, 0.25) is 0 Å². The molecule has 1 aliphatic carbocycles. The number of piperidine rings is 1. The van der Waals surface area contributed by atoms with Crippen LogP contribution in [0.15, 0.2) is 0 Å². The van der Waals surface area contributed by atoms with Gasteiger partial charge in [-0.3, -0.25) is 4.79 Å². The van der Waals surface area contributed by atoms with Crippen molar-refractivity contribution >= 4 is 5.78 Å². The van der Waals surface area contributed by atoms with E-state index in [2.05, 4.69) is 0 Å². The van der Waals surface area contributed by atoms with Crippen LogP contribution >= 0.6 is 0 Å². The summed E-state index contributed by atoms with van der Waals surface area (Å²) in [6.07, 6.45) is 6.15. The monoisotopic (exact) mass is 269 g/mol. The standard InChI is InChI=1S/C15H27NO3/c1-14(2)10-12(17)11-15(3,4)16(14,18)19-13-8-6-5-7-9-13/h13H,5-11H2,1-4H3. The Hall–Kier alpha value is -0.450. The van der Waals surface area contributed by atoms with E-state index in [0.717, 1.165) is 25.7 Å². The van der Waals surface area contributed by atoms with Crippen LogP contribution in [0.5, 0.6) is 0 Å². The Morgan fingerprint density at radius 1 is 1.05 bits per heavy atom. The first-order valence-corrected chi connectivity index (χ1v) is 7.48. The van der Waals surface area contributed by atoms with Crippen molar-refractivity contribution in [2.75, 3.05) is 0 Å². The molecule has 0 spiro atoms. The number of hydrogen-bond acceptors (Lipinski definition) is 3. The van der Waals surface area contributed by atoms with Crippen LogP contribution in [0.1, 0.15) is 72.6 Å². The highest BCUT2D eigenvalue weighted by atomic mass is 16.9. The van der Waals surface area contributed by atoms with Gasteiger partial charge in [0.25, 0.3) is 0 Å². The molecule has 0 bridgehead atoms.